The van der Waals surface area contributed by atoms with Crippen LogP contribution < -0.4 is 4.74 Å². The molecule has 1 atom stereocenters. The Morgan fingerprint density at radius 2 is 2.03 bits per heavy atom. The van der Waals surface area contributed by atoms with Crippen molar-refractivity contribution in [1.82, 2.24) is 9.88 Å². The molecule has 0 spiro atoms. The number of rotatable bonds is 6. The maximum absolute atomic E-state index is 13.1. The fourth-order valence-electron chi connectivity index (χ4n) is 3.69. The van der Waals surface area contributed by atoms with Crippen LogP contribution in [0.25, 0.3) is 5.76 Å². The van der Waals surface area contributed by atoms with Gasteiger partial charge in [0.05, 0.1) is 29.4 Å². The second-order valence-electron chi connectivity index (χ2n) is 7.27. The number of aliphatic hydroxyl groups is 1. The Hall–Kier alpha value is -3.58. The molecule has 3 heterocycles. The van der Waals surface area contributed by atoms with Gasteiger partial charge in [0.1, 0.15) is 29.1 Å². The molecule has 1 fully saturated rings. The van der Waals surface area contributed by atoms with Crippen molar-refractivity contribution in [1.29, 1.82) is 0 Å². The van der Waals surface area contributed by atoms with Gasteiger partial charge in [0, 0.05) is 11.8 Å². The predicted molar refractivity (Wildman–Crippen MR) is 118 cm³/mol. The van der Waals surface area contributed by atoms with E-state index in [0.717, 1.165) is 0 Å². The lowest BCUT2D eigenvalue weighted by Gasteiger charge is -2.23. The molecule has 0 aliphatic carbocycles. The second-order valence-corrected chi connectivity index (χ2v) is 7.68. The second kappa shape index (κ2) is 8.88. The van der Waals surface area contributed by atoms with Gasteiger partial charge in [-0.15, -0.1) is 0 Å². The van der Waals surface area contributed by atoms with Crippen LogP contribution in [0, 0.1) is 6.92 Å². The molecule has 2 aromatic heterocycles. The molecule has 1 unspecified atom stereocenters. The molecule has 7 nitrogen and oxygen atoms in total. The molecular formula is C24H21ClN2O5. The first-order valence-electron chi connectivity index (χ1n) is 10.1. The van der Waals surface area contributed by atoms with Gasteiger partial charge in [0.25, 0.3) is 11.7 Å². The van der Waals surface area contributed by atoms with Crippen LogP contribution in [-0.2, 0) is 16.1 Å². The highest BCUT2D eigenvalue weighted by Gasteiger charge is 2.47. The highest BCUT2D eigenvalue weighted by Crippen LogP contribution is 2.42. The summed E-state index contributed by atoms with van der Waals surface area (Å²) in [7, 11) is 0. The average Bonchev–Trinajstić information content (AvgIpc) is 3.32. The van der Waals surface area contributed by atoms with Crippen molar-refractivity contribution >= 4 is 29.1 Å². The van der Waals surface area contributed by atoms with E-state index in [1.807, 2.05) is 6.92 Å². The van der Waals surface area contributed by atoms with Gasteiger partial charge in [-0.3, -0.25) is 14.6 Å². The zero-order chi connectivity index (χ0) is 22.8. The minimum atomic E-state index is -0.933. The van der Waals surface area contributed by atoms with E-state index in [1.54, 1.807) is 55.6 Å². The van der Waals surface area contributed by atoms with E-state index in [-0.39, 0.29) is 22.7 Å². The van der Waals surface area contributed by atoms with Gasteiger partial charge in [0.2, 0.25) is 0 Å². The van der Waals surface area contributed by atoms with E-state index >= 15 is 0 Å². The van der Waals surface area contributed by atoms with Gasteiger partial charge >= 0.3 is 0 Å². The highest BCUT2D eigenvalue weighted by molar-refractivity contribution is 6.46. The number of furan rings is 1. The number of benzene rings is 1. The number of ether oxygens (including phenoxy) is 1. The molecule has 1 amide bonds. The molecule has 164 valence electrons. The molecule has 1 aliphatic heterocycles. The van der Waals surface area contributed by atoms with Crippen LogP contribution in [-0.4, -0.2) is 33.3 Å². The van der Waals surface area contributed by atoms with Gasteiger partial charge in [0.15, 0.2) is 0 Å². The van der Waals surface area contributed by atoms with Crippen molar-refractivity contribution in [2.45, 2.75) is 26.4 Å². The molecule has 0 bridgehead atoms. The minimum absolute atomic E-state index is 0.0688. The van der Waals surface area contributed by atoms with E-state index in [2.05, 4.69) is 4.98 Å². The molecule has 4 rings (SSSR count). The number of Topliss-reactive ketones (excluding diaryl/α,β-unsaturated/α-hetero) is 1. The van der Waals surface area contributed by atoms with E-state index < -0.39 is 23.5 Å². The van der Waals surface area contributed by atoms with Crippen LogP contribution in [0.4, 0.5) is 0 Å². The third-order valence-electron chi connectivity index (χ3n) is 5.13. The van der Waals surface area contributed by atoms with E-state index in [0.29, 0.717) is 29.6 Å². The van der Waals surface area contributed by atoms with Gasteiger partial charge in [-0.2, -0.15) is 0 Å². The summed E-state index contributed by atoms with van der Waals surface area (Å²) in [6.07, 6.45) is 1.61. The Morgan fingerprint density at radius 3 is 2.69 bits per heavy atom. The van der Waals surface area contributed by atoms with E-state index in [9.17, 15) is 14.7 Å². The number of aryl methyl sites for hydroxylation is 1. The summed E-state index contributed by atoms with van der Waals surface area (Å²) in [5, 5.41) is 11.4. The topological polar surface area (TPSA) is 92.9 Å². The number of nitrogens with zero attached hydrogens (tertiary/aromatic N) is 2. The average molecular weight is 453 g/mol. The number of likely N-dealkylation sites (tertiary alicyclic amines) is 1. The number of aliphatic hydroxyl groups excluding tert-OH is 1. The molecule has 3 aromatic rings. The number of ketones is 1. The summed E-state index contributed by atoms with van der Waals surface area (Å²) in [6.45, 7) is 4.08. The normalized spacial score (nSPS) is 17.7. The van der Waals surface area contributed by atoms with Crippen LogP contribution >= 0.6 is 11.6 Å². The van der Waals surface area contributed by atoms with Crippen molar-refractivity contribution in [3.8, 4) is 5.75 Å². The fraction of sp³-hybridized carbons (Fsp3) is 0.208. The molecule has 0 radical (unpaired) electrons. The third-order valence-corrected chi connectivity index (χ3v) is 5.46. The number of aromatic nitrogens is 1. The lowest BCUT2D eigenvalue weighted by atomic mass is 9.99. The molecule has 32 heavy (non-hydrogen) atoms. The van der Waals surface area contributed by atoms with Crippen LogP contribution in [0.1, 0.15) is 35.7 Å². The monoisotopic (exact) mass is 452 g/mol. The van der Waals surface area contributed by atoms with Crippen molar-refractivity contribution in [3.63, 3.8) is 0 Å². The predicted octanol–water partition coefficient (Wildman–Crippen LogP) is 4.66. The molecule has 1 aromatic carbocycles. The summed E-state index contributed by atoms with van der Waals surface area (Å²) >= 11 is 6.32. The number of carbonyl (C=O) groups is 2. The summed E-state index contributed by atoms with van der Waals surface area (Å²) < 4.78 is 11.3. The Bertz CT molecular complexity index is 1200. The first-order chi connectivity index (χ1) is 15.4. The highest BCUT2D eigenvalue weighted by atomic mass is 35.5. The van der Waals surface area contributed by atoms with E-state index in [1.165, 1.54) is 11.0 Å². The summed E-state index contributed by atoms with van der Waals surface area (Å²) in [4.78, 5) is 31.7. The maximum Gasteiger partial charge on any atom is 0.296 e. The number of carbonyl (C=O) groups excluding carboxylic acids is 2. The van der Waals surface area contributed by atoms with Crippen molar-refractivity contribution in [3.05, 3.63) is 88.1 Å². The number of amides is 1. The van der Waals surface area contributed by atoms with Gasteiger partial charge < -0.3 is 19.2 Å². The Kier molecular flexibility index (Phi) is 6.01. The van der Waals surface area contributed by atoms with Crippen LogP contribution in [0.2, 0.25) is 5.02 Å². The standard InChI is InChI=1S/C24H21ClN2O5/c1-3-31-16-8-9-18(25)17(12-16)22(28)20-21(19-10-7-14(2)32-19)27(24(30)23(20)29)13-15-6-4-5-11-26-15/h4-12,21,28H,3,13H2,1-2H3/b22-20+. The number of hydrogen-bond acceptors (Lipinski definition) is 6. The fourth-order valence-corrected chi connectivity index (χ4v) is 3.90. The van der Waals surface area contributed by atoms with Crippen LogP contribution in [0.3, 0.4) is 0 Å². The molecule has 1 N–H and O–H groups in total. The largest absolute Gasteiger partial charge is 0.507 e. The zero-order valence-electron chi connectivity index (χ0n) is 17.5. The Balaban J connectivity index is 1.86. The molecular weight excluding hydrogens is 432 g/mol. The summed E-state index contributed by atoms with van der Waals surface area (Å²) in [5.74, 6) is -0.524. The number of hydrogen-bond donors (Lipinski definition) is 1. The first kappa shape index (κ1) is 21.6. The van der Waals surface area contributed by atoms with Crippen molar-refractivity contribution in [2.75, 3.05) is 6.61 Å². The smallest absolute Gasteiger partial charge is 0.296 e. The number of halogens is 1. The van der Waals surface area contributed by atoms with E-state index in [4.69, 9.17) is 20.8 Å². The molecule has 0 saturated carbocycles. The third kappa shape index (κ3) is 3.99. The van der Waals surface area contributed by atoms with Gasteiger partial charge in [-0.1, -0.05) is 17.7 Å². The van der Waals surface area contributed by atoms with Crippen molar-refractivity contribution < 1.29 is 23.8 Å². The minimum Gasteiger partial charge on any atom is -0.507 e. The van der Waals surface area contributed by atoms with Gasteiger partial charge in [-0.25, -0.2) is 0 Å². The maximum atomic E-state index is 13.1. The summed E-state index contributed by atoms with van der Waals surface area (Å²) in [6, 6.07) is 12.6. The molecule has 1 saturated heterocycles. The Labute approximate surface area is 189 Å². The van der Waals surface area contributed by atoms with Crippen LogP contribution in [0.15, 0.2) is 64.7 Å². The zero-order valence-corrected chi connectivity index (χ0v) is 18.3. The summed E-state index contributed by atoms with van der Waals surface area (Å²) in [5.41, 5.74) is 0.691. The van der Waals surface area contributed by atoms with Gasteiger partial charge in [-0.05, 0) is 56.3 Å². The Morgan fingerprint density at radius 1 is 1.22 bits per heavy atom. The lowest BCUT2D eigenvalue weighted by Crippen LogP contribution is -2.29. The lowest BCUT2D eigenvalue weighted by molar-refractivity contribution is -0.140. The molecule has 8 heteroatoms. The SMILES string of the molecule is CCOc1ccc(Cl)c(/C(O)=C2\C(=O)C(=O)N(Cc3ccccn3)C2c2ccc(C)o2)c1. The van der Waals surface area contributed by atoms with Crippen molar-refractivity contribution in [2.24, 2.45) is 0 Å². The molecule has 1 aliphatic rings. The quantitative estimate of drug-likeness (QED) is 0.332. The van der Waals surface area contributed by atoms with Crippen LogP contribution in [0.5, 0.6) is 5.75 Å². The first-order valence-corrected chi connectivity index (χ1v) is 10.5. The number of pyridine rings is 1.